The summed E-state index contributed by atoms with van der Waals surface area (Å²) in [6.45, 7) is 25.6. The minimum atomic E-state index is -0.157. The minimum Gasteiger partial charge on any atom is -0.508 e. The normalized spacial score (nSPS) is 11.7. The van der Waals surface area contributed by atoms with Crippen molar-refractivity contribution < 1.29 is 30.6 Å². The van der Waals surface area contributed by atoms with Crippen molar-refractivity contribution in [2.24, 2.45) is 0 Å². The van der Waals surface area contributed by atoms with Gasteiger partial charge in [0.05, 0.1) is 0 Å². The van der Waals surface area contributed by atoms with Crippen LogP contribution in [0.5, 0.6) is 34.5 Å². The van der Waals surface area contributed by atoms with Crippen molar-refractivity contribution in [1.29, 1.82) is 0 Å². The van der Waals surface area contributed by atoms with Crippen LogP contribution in [0.25, 0.3) is 0 Å². The fourth-order valence-electron chi connectivity index (χ4n) is 4.60. The predicted molar refractivity (Wildman–Crippen MR) is 178 cm³/mol. The molecule has 0 aliphatic rings. The SMILES string of the molecule is CCCCc1c(C)c(O)cc(C(C)(C)C)c1O.Cc1cc(O)c(C(C)(C)C)cc1O.Cc1cc(O)c(C(C)(C)C)cc1O. The molecule has 0 radical (unpaired) electrons. The van der Waals surface area contributed by atoms with E-state index in [-0.39, 0.29) is 39.2 Å². The Morgan fingerprint density at radius 3 is 1.16 bits per heavy atom. The molecule has 0 bridgehead atoms. The molecule has 0 unspecified atom stereocenters. The van der Waals surface area contributed by atoms with Crippen molar-refractivity contribution in [2.45, 2.75) is 126 Å². The van der Waals surface area contributed by atoms with Crippen LogP contribution in [0.15, 0.2) is 30.3 Å². The molecule has 0 atom stereocenters. The Morgan fingerprint density at radius 1 is 0.488 bits per heavy atom. The number of benzene rings is 3. The molecule has 0 saturated heterocycles. The lowest BCUT2D eigenvalue weighted by Gasteiger charge is -2.24. The van der Waals surface area contributed by atoms with Crippen molar-refractivity contribution in [1.82, 2.24) is 0 Å². The number of aryl methyl sites for hydroxylation is 2. The third kappa shape index (κ3) is 10.3. The van der Waals surface area contributed by atoms with Crippen LogP contribution in [0.3, 0.4) is 0 Å². The number of phenolic OH excluding ortho intramolecular Hbond substituents is 6. The Bertz CT molecular complexity index is 1320. The molecule has 0 aliphatic carbocycles. The first-order valence-electron chi connectivity index (χ1n) is 15.0. The zero-order valence-electron chi connectivity index (χ0n) is 28.7. The summed E-state index contributed by atoms with van der Waals surface area (Å²) in [7, 11) is 0. The fourth-order valence-corrected chi connectivity index (χ4v) is 4.60. The van der Waals surface area contributed by atoms with Crippen molar-refractivity contribution in [3.8, 4) is 34.5 Å². The highest BCUT2D eigenvalue weighted by Crippen LogP contribution is 2.40. The van der Waals surface area contributed by atoms with E-state index in [1.165, 1.54) is 0 Å². The van der Waals surface area contributed by atoms with E-state index in [9.17, 15) is 30.6 Å². The van der Waals surface area contributed by atoms with Crippen LogP contribution in [-0.4, -0.2) is 30.6 Å². The van der Waals surface area contributed by atoms with Gasteiger partial charge in [0, 0.05) is 22.3 Å². The fraction of sp³-hybridized carbons (Fsp3) is 0.514. The van der Waals surface area contributed by atoms with Crippen molar-refractivity contribution in [3.05, 3.63) is 69.3 Å². The van der Waals surface area contributed by atoms with E-state index in [1.807, 2.05) is 69.2 Å². The molecule has 3 aromatic rings. The average molecular weight is 597 g/mol. The maximum atomic E-state index is 10.3. The summed E-state index contributed by atoms with van der Waals surface area (Å²) >= 11 is 0. The van der Waals surface area contributed by atoms with Crippen LogP contribution in [0.2, 0.25) is 0 Å². The Labute approximate surface area is 259 Å². The standard InChI is InChI=1S/C15H24O2.2C11H16O2/c1-6-7-8-11-10(2)13(16)9-12(14(11)17)15(3,4)5;2*1-7-5-10(13)8(6-9(7)12)11(2,3)4/h9,16-17H,6-8H2,1-5H3;2*5-6,12-13H,1-4H3. The summed E-state index contributed by atoms with van der Waals surface area (Å²) in [5.41, 5.74) is 5.04. The lowest BCUT2D eigenvalue weighted by molar-refractivity contribution is 0.425. The first-order valence-corrected chi connectivity index (χ1v) is 15.0. The van der Waals surface area contributed by atoms with Gasteiger partial charge in [-0.05, 0) is 96.9 Å². The second-order valence-electron chi connectivity index (χ2n) is 14.6. The van der Waals surface area contributed by atoms with E-state index in [1.54, 1.807) is 44.2 Å². The number of phenols is 6. The van der Waals surface area contributed by atoms with E-state index < -0.39 is 0 Å². The lowest BCUT2D eigenvalue weighted by Crippen LogP contribution is -2.12. The van der Waals surface area contributed by atoms with Gasteiger partial charge in [0.25, 0.3) is 0 Å². The van der Waals surface area contributed by atoms with E-state index in [4.69, 9.17) is 0 Å². The summed E-state index contributed by atoms with van der Waals surface area (Å²) in [6.07, 6.45) is 2.94. The maximum absolute atomic E-state index is 10.3. The molecular weight excluding hydrogens is 540 g/mol. The third-order valence-corrected chi connectivity index (χ3v) is 7.49. The minimum absolute atomic E-state index is 0.144. The van der Waals surface area contributed by atoms with Gasteiger partial charge in [-0.1, -0.05) is 75.7 Å². The molecule has 6 nitrogen and oxygen atoms in total. The highest BCUT2D eigenvalue weighted by Gasteiger charge is 2.23. The van der Waals surface area contributed by atoms with E-state index in [0.29, 0.717) is 22.6 Å². The summed E-state index contributed by atoms with van der Waals surface area (Å²) < 4.78 is 0. The zero-order valence-corrected chi connectivity index (χ0v) is 28.7. The molecule has 3 aromatic carbocycles. The molecule has 3 rings (SSSR count). The molecule has 0 aromatic heterocycles. The van der Waals surface area contributed by atoms with Gasteiger partial charge in [0.2, 0.25) is 0 Å². The molecule has 43 heavy (non-hydrogen) atoms. The van der Waals surface area contributed by atoms with Gasteiger partial charge in [0.15, 0.2) is 0 Å². The average Bonchev–Trinajstić information content (AvgIpc) is 2.84. The van der Waals surface area contributed by atoms with Gasteiger partial charge >= 0.3 is 0 Å². The second-order valence-corrected chi connectivity index (χ2v) is 14.6. The van der Waals surface area contributed by atoms with Crippen LogP contribution in [0.4, 0.5) is 0 Å². The molecule has 0 saturated carbocycles. The highest BCUT2D eigenvalue weighted by molar-refractivity contribution is 5.54. The number of hydrogen-bond donors (Lipinski definition) is 6. The van der Waals surface area contributed by atoms with Gasteiger partial charge < -0.3 is 30.6 Å². The van der Waals surface area contributed by atoms with Crippen molar-refractivity contribution in [2.75, 3.05) is 0 Å². The molecule has 6 N–H and O–H groups in total. The Kier molecular flexibility index (Phi) is 12.5. The largest absolute Gasteiger partial charge is 0.508 e. The lowest BCUT2D eigenvalue weighted by atomic mass is 9.83. The molecule has 0 spiro atoms. The Hall–Kier alpha value is -3.54. The number of aromatic hydroxyl groups is 6. The molecule has 0 fully saturated rings. The first kappa shape index (κ1) is 37.5. The van der Waals surface area contributed by atoms with E-state index in [0.717, 1.165) is 47.1 Å². The smallest absolute Gasteiger partial charge is 0.123 e. The van der Waals surface area contributed by atoms with Crippen LogP contribution < -0.4 is 0 Å². The van der Waals surface area contributed by atoms with E-state index in [2.05, 4.69) is 6.92 Å². The summed E-state index contributed by atoms with van der Waals surface area (Å²) in [4.78, 5) is 0. The van der Waals surface area contributed by atoms with Gasteiger partial charge in [0.1, 0.15) is 34.5 Å². The van der Waals surface area contributed by atoms with Gasteiger partial charge in [-0.15, -0.1) is 0 Å². The van der Waals surface area contributed by atoms with Crippen molar-refractivity contribution in [3.63, 3.8) is 0 Å². The van der Waals surface area contributed by atoms with E-state index >= 15 is 0 Å². The number of unbranched alkanes of at least 4 members (excludes halogenated alkanes) is 1. The van der Waals surface area contributed by atoms with Crippen molar-refractivity contribution >= 4 is 0 Å². The summed E-state index contributed by atoms with van der Waals surface area (Å²) in [5, 5.41) is 58.5. The second kappa shape index (κ2) is 14.3. The van der Waals surface area contributed by atoms with Gasteiger partial charge in [-0.25, -0.2) is 0 Å². The molecular formula is C37H56O6. The van der Waals surface area contributed by atoms with Crippen LogP contribution in [-0.2, 0) is 22.7 Å². The van der Waals surface area contributed by atoms with Crippen LogP contribution in [0, 0.1) is 20.8 Å². The van der Waals surface area contributed by atoms with Crippen LogP contribution >= 0.6 is 0 Å². The Morgan fingerprint density at radius 2 is 0.837 bits per heavy atom. The quantitative estimate of drug-likeness (QED) is 0.168. The number of hydrogen-bond acceptors (Lipinski definition) is 6. The summed E-state index contributed by atoms with van der Waals surface area (Å²) in [5.74, 6) is 1.64. The molecule has 240 valence electrons. The zero-order chi connectivity index (χ0) is 33.7. The number of rotatable bonds is 3. The molecule has 6 heteroatoms. The maximum Gasteiger partial charge on any atom is 0.123 e. The molecule has 0 amide bonds. The predicted octanol–water partition coefficient (Wildman–Crippen LogP) is 9.45. The monoisotopic (exact) mass is 596 g/mol. The summed E-state index contributed by atoms with van der Waals surface area (Å²) in [6, 6.07) is 8.14. The molecule has 0 aliphatic heterocycles. The third-order valence-electron chi connectivity index (χ3n) is 7.49. The highest BCUT2D eigenvalue weighted by atomic mass is 16.3. The van der Waals surface area contributed by atoms with Crippen LogP contribution in [0.1, 0.15) is 121 Å². The van der Waals surface area contributed by atoms with Gasteiger partial charge in [-0.2, -0.15) is 0 Å². The first-order chi connectivity index (χ1) is 19.4. The van der Waals surface area contributed by atoms with Gasteiger partial charge in [-0.3, -0.25) is 0 Å². The topological polar surface area (TPSA) is 121 Å². The molecule has 0 heterocycles. The Balaban J connectivity index is 0.000000327.